The summed E-state index contributed by atoms with van der Waals surface area (Å²) in [6.07, 6.45) is 4.95. The standard InChI is InChI=1S/C16H19ClO4/c1-2-10-11(8-12-14(13(10)17)21-9-20-12)16(15(18)19)6-4-3-5-7-16/h8H,2-7,9H2,1H3,(H,18,19). The highest BCUT2D eigenvalue weighted by Crippen LogP contribution is 2.49. The van der Waals surface area contributed by atoms with Crippen LogP contribution in [0.1, 0.15) is 50.2 Å². The molecule has 1 aromatic rings. The van der Waals surface area contributed by atoms with Gasteiger partial charge in [-0.2, -0.15) is 0 Å². The number of fused-ring (bicyclic) bond motifs is 1. The van der Waals surface area contributed by atoms with Crippen LogP contribution in [0.15, 0.2) is 6.07 Å². The molecule has 2 aliphatic rings. The third-order valence-electron chi connectivity index (χ3n) is 4.69. The van der Waals surface area contributed by atoms with Crippen LogP contribution in [0.25, 0.3) is 0 Å². The average molecular weight is 311 g/mol. The minimum Gasteiger partial charge on any atom is -0.481 e. The van der Waals surface area contributed by atoms with Crippen LogP contribution in [0.3, 0.4) is 0 Å². The summed E-state index contributed by atoms with van der Waals surface area (Å²) in [5, 5.41) is 10.4. The van der Waals surface area contributed by atoms with Gasteiger partial charge in [0.2, 0.25) is 6.79 Å². The van der Waals surface area contributed by atoms with E-state index in [1.165, 1.54) is 0 Å². The van der Waals surface area contributed by atoms with Gasteiger partial charge in [-0.3, -0.25) is 4.79 Å². The average Bonchev–Trinajstić information content (AvgIpc) is 2.96. The van der Waals surface area contributed by atoms with Crippen molar-refractivity contribution in [1.29, 1.82) is 0 Å². The maximum absolute atomic E-state index is 12.0. The van der Waals surface area contributed by atoms with E-state index < -0.39 is 11.4 Å². The van der Waals surface area contributed by atoms with Crippen LogP contribution in [0.4, 0.5) is 0 Å². The number of hydrogen-bond donors (Lipinski definition) is 1. The number of aliphatic carboxylic acids is 1. The van der Waals surface area contributed by atoms with Gasteiger partial charge in [-0.15, -0.1) is 0 Å². The number of rotatable bonds is 3. The summed E-state index contributed by atoms with van der Waals surface area (Å²) in [6.45, 7) is 2.13. The van der Waals surface area contributed by atoms with Crippen LogP contribution in [-0.2, 0) is 16.6 Å². The minimum absolute atomic E-state index is 0.141. The first-order chi connectivity index (χ1) is 10.1. The Kier molecular flexibility index (Phi) is 3.74. The van der Waals surface area contributed by atoms with Crippen LogP contribution in [-0.4, -0.2) is 17.9 Å². The molecular weight excluding hydrogens is 292 g/mol. The van der Waals surface area contributed by atoms with E-state index in [4.69, 9.17) is 21.1 Å². The molecule has 1 fully saturated rings. The molecule has 1 N–H and O–H groups in total. The van der Waals surface area contributed by atoms with Gasteiger partial charge in [0.15, 0.2) is 11.5 Å². The van der Waals surface area contributed by atoms with Crippen molar-refractivity contribution in [2.45, 2.75) is 50.9 Å². The first kappa shape index (κ1) is 14.5. The second kappa shape index (κ2) is 5.41. The molecule has 0 saturated heterocycles. The van der Waals surface area contributed by atoms with Crippen molar-refractivity contribution in [2.75, 3.05) is 6.79 Å². The molecule has 0 atom stereocenters. The van der Waals surface area contributed by atoms with Gasteiger partial charge >= 0.3 is 5.97 Å². The van der Waals surface area contributed by atoms with Gasteiger partial charge in [0.05, 0.1) is 10.4 Å². The van der Waals surface area contributed by atoms with Crippen LogP contribution in [0, 0.1) is 0 Å². The molecule has 1 aromatic carbocycles. The second-order valence-electron chi connectivity index (χ2n) is 5.75. The third-order valence-corrected chi connectivity index (χ3v) is 5.09. The summed E-state index contributed by atoms with van der Waals surface area (Å²) in [6, 6.07) is 1.84. The van der Waals surface area contributed by atoms with Gasteiger partial charge < -0.3 is 14.6 Å². The molecule has 0 radical (unpaired) electrons. The fraction of sp³-hybridized carbons (Fsp3) is 0.562. The number of ether oxygens (including phenoxy) is 2. The zero-order valence-electron chi connectivity index (χ0n) is 12.1. The van der Waals surface area contributed by atoms with Crippen molar-refractivity contribution < 1.29 is 19.4 Å². The number of benzene rings is 1. The molecule has 1 heterocycles. The monoisotopic (exact) mass is 310 g/mol. The smallest absolute Gasteiger partial charge is 0.314 e. The van der Waals surface area contributed by atoms with Crippen molar-refractivity contribution in [3.8, 4) is 11.5 Å². The number of carbonyl (C=O) groups is 1. The van der Waals surface area contributed by atoms with Crippen LogP contribution in [0.5, 0.6) is 11.5 Å². The fourth-order valence-corrected chi connectivity index (χ4v) is 3.95. The lowest BCUT2D eigenvalue weighted by Crippen LogP contribution is -2.38. The summed E-state index contributed by atoms with van der Waals surface area (Å²) in [4.78, 5) is 12.0. The van der Waals surface area contributed by atoms with Gasteiger partial charge in [0, 0.05) is 0 Å². The molecular formula is C16H19ClO4. The van der Waals surface area contributed by atoms with E-state index in [0.717, 1.165) is 30.4 Å². The van der Waals surface area contributed by atoms with E-state index in [9.17, 15) is 9.90 Å². The largest absolute Gasteiger partial charge is 0.481 e. The van der Waals surface area contributed by atoms with Crippen LogP contribution < -0.4 is 9.47 Å². The summed E-state index contributed by atoms with van der Waals surface area (Å²) in [5.41, 5.74) is 0.852. The topological polar surface area (TPSA) is 55.8 Å². The summed E-state index contributed by atoms with van der Waals surface area (Å²) >= 11 is 6.45. The lowest BCUT2D eigenvalue weighted by atomic mass is 9.68. The van der Waals surface area contributed by atoms with Crippen molar-refractivity contribution in [3.63, 3.8) is 0 Å². The zero-order chi connectivity index (χ0) is 15.0. The summed E-state index contributed by atoms with van der Waals surface area (Å²) < 4.78 is 10.8. The lowest BCUT2D eigenvalue weighted by molar-refractivity contribution is -0.145. The Balaban J connectivity index is 2.20. The maximum Gasteiger partial charge on any atom is 0.314 e. The van der Waals surface area contributed by atoms with E-state index in [1.54, 1.807) is 0 Å². The molecule has 5 heteroatoms. The normalized spacial score (nSPS) is 19.5. The highest BCUT2D eigenvalue weighted by atomic mass is 35.5. The molecule has 1 aliphatic heterocycles. The predicted molar refractivity (Wildman–Crippen MR) is 79.4 cm³/mol. The van der Waals surface area contributed by atoms with Gasteiger partial charge in [-0.05, 0) is 36.5 Å². The Morgan fingerprint density at radius 1 is 1.33 bits per heavy atom. The van der Waals surface area contributed by atoms with Crippen molar-refractivity contribution >= 4 is 17.6 Å². The maximum atomic E-state index is 12.0. The molecule has 4 nitrogen and oxygen atoms in total. The highest BCUT2D eigenvalue weighted by molar-refractivity contribution is 6.33. The Bertz CT molecular complexity index is 576. The SMILES string of the molecule is CCc1c(C2(C(=O)O)CCCCC2)cc2c(c1Cl)OCO2. The van der Waals surface area contributed by atoms with Crippen molar-refractivity contribution in [1.82, 2.24) is 0 Å². The van der Waals surface area contributed by atoms with E-state index in [-0.39, 0.29) is 6.79 Å². The summed E-state index contributed by atoms with van der Waals surface area (Å²) in [5.74, 6) is 0.360. The number of hydrogen-bond acceptors (Lipinski definition) is 3. The second-order valence-corrected chi connectivity index (χ2v) is 6.13. The molecule has 1 saturated carbocycles. The molecule has 0 unspecified atom stereocenters. The summed E-state index contributed by atoms with van der Waals surface area (Å²) in [7, 11) is 0. The Morgan fingerprint density at radius 3 is 2.67 bits per heavy atom. The highest BCUT2D eigenvalue weighted by Gasteiger charge is 2.44. The van der Waals surface area contributed by atoms with Crippen LogP contribution >= 0.6 is 11.6 Å². The lowest BCUT2D eigenvalue weighted by Gasteiger charge is -2.35. The molecule has 0 aromatic heterocycles. The zero-order valence-corrected chi connectivity index (χ0v) is 12.8. The molecule has 1 aliphatic carbocycles. The fourth-order valence-electron chi connectivity index (χ4n) is 3.57. The van der Waals surface area contributed by atoms with Gasteiger partial charge in [-0.1, -0.05) is 37.8 Å². The van der Waals surface area contributed by atoms with Gasteiger partial charge in [0.25, 0.3) is 0 Å². The molecule has 0 spiro atoms. The van der Waals surface area contributed by atoms with Gasteiger partial charge in [-0.25, -0.2) is 0 Å². The predicted octanol–water partition coefficient (Wildman–Crippen LogP) is 3.92. The van der Waals surface area contributed by atoms with Crippen LogP contribution in [0.2, 0.25) is 5.02 Å². The molecule has 114 valence electrons. The minimum atomic E-state index is -0.839. The quantitative estimate of drug-likeness (QED) is 0.919. The first-order valence-corrected chi connectivity index (χ1v) is 7.83. The number of halogens is 1. The third kappa shape index (κ3) is 2.16. The Labute approximate surface area is 129 Å². The van der Waals surface area contributed by atoms with Crippen molar-refractivity contribution in [3.05, 3.63) is 22.2 Å². The van der Waals surface area contributed by atoms with E-state index >= 15 is 0 Å². The molecule has 0 amide bonds. The van der Waals surface area contributed by atoms with E-state index in [1.807, 2.05) is 13.0 Å². The molecule has 21 heavy (non-hydrogen) atoms. The Hall–Kier alpha value is -1.42. The Morgan fingerprint density at radius 2 is 2.05 bits per heavy atom. The van der Waals surface area contributed by atoms with Gasteiger partial charge in [0.1, 0.15) is 0 Å². The number of carboxylic acid groups (broad SMARTS) is 1. The first-order valence-electron chi connectivity index (χ1n) is 7.45. The molecule has 3 rings (SSSR count). The van der Waals surface area contributed by atoms with E-state index in [2.05, 4.69) is 0 Å². The van der Waals surface area contributed by atoms with E-state index in [0.29, 0.717) is 35.8 Å². The van der Waals surface area contributed by atoms with Crippen molar-refractivity contribution in [2.24, 2.45) is 0 Å². The number of carboxylic acids is 1. The molecule has 0 bridgehead atoms.